The van der Waals surface area contributed by atoms with Crippen molar-refractivity contribution in [2.75, 3.05) is 12.5 Å². The molecule has 0 unspecified atom stereocenters. The zero-order valence-electron chi connectivity index (χ0n) is 13.9. The second-order valence-electron chi connectivity index (χ2n) is 4.97. The third-order valence-corrected chi connectivity index (χ3v) is 3.28. The van der Waals surface area contributed by atoms with Crippen LogP contribution in [0.5, 0.6) is 17.4 Å². The number of hydrogen-bond acceptors (Lipinski definition) is 9. The van der Waals surface area contributed by atoms with Gasteiger partial charge in [0, 0.05) is 0 Å². The minimum Gasteiger partial charge on any atom is -0.497 e. The van der Waals surface area contributed by atoms with Gasteiger partial charge in [-0.1, -0.05) is 0 Å². The molecule has 0 saturated carbocycles. The van der Waals surface area contributed by atoms with Crippen molar-refractivity contribution >= 4 is 17.4 Å². The Balaban J connectivity index is 1.81. The first-order chi connectivity index (χ1) is 13.1. The lowest BCUT2D eigenvalue weighted by Gasteiger charge is -2.10. The molecule has 0 spiro atoms. The molecule has 0 atom stereocenters. The van der Waals surface area contributed by atoms with Gasteiger partial charge < -0.3 is 13.9 Å². The number of amides is 1. The van der Waals surface area contributed by atoms with Crippen LogP contribution in [0.3, 0.4) is 0 Å². The van der Waals surface area contributed by atoms with Gasteiger partial charge in [-0.25, -0.2) is 4.98 Å². The fourth-order valence-corrected chi connectivity index (χ4v) is 2.03. The van der Waals surface area contributed by atoms with Crippen LogP contribution >= 0.6 is 0 Å². The maximum atomic E-state index is 11.9. The monoisotopic (exact) mass is 371 g/mol. The number of hydrogen-bond donors (Lipinski definition) is 2. The number of furan rings is 1. The number of nitrogens with one attached hydrogen (secondary N) is 2. The summed E-state index contributed by atoms with van der Waals surface area (Å²) in [6, 6.07) is 9.36. The van der Waals surface area contributed by atoms with E-state index in [-0.39, 0.29) is 17.5 Å². The van der Waals surface area contributed by atoms with Crippen LogP contribution in [0.25, 0.3) is 0 Å². The van der Waals surface area contributed by atoms with Gasteiger partial charge in [-0.15, -0.1) is 0 Å². The molecule has 11 heteroatoms. The van der Waals surface area contributed by atoms with Crippen LogP contribution in [0.1, 0.15) is 10.6 Å². The third kappa shape index (κ3) is 4.10. The molecule has 0 radical (unpaired) electrons. The summed E-state index contributed by atoms with van der Waals surface area (Å²) in [5.74, 6) is -0.251. The summed E-state index contributed by atoms with van der Waals surface area (Å²) < 4.78 is 15.4. The maximum Gasteiger partial charge on any atom is 0.374 e. The van der Waals surface area contributed by atoms with Crippen LogP contribution in [-0.4, -0.2) is 27.9 Å². The molecule has 0 fully saturated rings. The zero-order valence-corrected chi connectivity index (χ0v) is 13.9. The van der Waals surface area contributed by atoms with Crippen LogP contribution in [0.15, 0.2) is 53.4 Å². The molecule has 3 rings (SSSR count). The zero-order chi connectivity index (χ0) is 19.2. The van der Waals surface area contributed by atoms with Crippen LogP contribution in [0, 0.1) is 10.1 Å². The summed E-state index contributed by atoms with van der Waals surface area (Å²) >= 11 is 0. The maximum absolute atomic E-state index is 11.9. The number of methoxy groups -OCH3 is 1. The Bertz CT molecular complexity index is 942. The topological polar surface area (TPSA) is 142 Å². The molecule has 0 aliphatic rings. The van der Waals surface area contributed by atoms with E-state index in [1.165, 1.54) is 25.5 Å². The molecule has 2 aromatic heterocycles. The first-order valence-electron chi connectivity index (χ1n) is 7.49. The lowest BCUT2D eigenvalue weighted by molar-refractivity contribution is -0.385. The number of benzene rings is 1. The molecular weight excluding hydrogens is 358 g/mol. The van der Waals surface area contributed by atoms with Crippen LogP contribution in [-0.2, 0) is 0 Å². The quantitative estimate of drug-likeness (QED) is 0.473. The van der Waals surface area contributed by atoms with Crippen molar-refractivity contribution in [1.82, 2.24) is 15.4 Å². The van der Waals surface area contributed by atoms with Crippen LogP contribution in [0.2, 0.25) is 0 Å². The Kier molecular flexibility index (Phi) is 5.12. The Hall–Kier alpha value is -4.15. The van der Waals surface area contributed by atoms with E-state index in [0.717, 1.165) is 6.33 Å². The number of anilines is 1. The number of carbonyl (C=O) groups is 1. The van der Waals surface area contributed by atoms with Gasteiger partial charge in [-0.2, -0.15) is 4.98 Å². The molecule has 2 heterocycles. The molecular formula is C16H13N5O6. The molecule has 0 aliphatic carbocycles. The fraction of sp³-hybridized carbons (Fsp3) is 0.0625. The van der Waals surface area contributed by atoms with E-state index in [1.807, 2.05) is 0 Å². The molecule has 27 heavy (non-hydrogen) atoms. The van der Waals surface area contributed by atoms with Crippen molar-refractivity contribution in [2.45, 2.75) is 0 Å². The minimum absolute atomic E-state index is 0.0221. The summed E-state index contributed by atoms with van der Waals surface area (Å²) in [4.78, 5) is 30.2. The first-order valence-corrected chi connectivity index (χ1v) is 7.49. The highest BCUT2D eigenvalue weighted by Crippen LogP contribution is 2.34. The van der Waals surface area contributed by atoms with E-state index < -0.39 is 16.5 Å². The largest absolute Gasteiger partial charge is 0.497 e. The highest BCUT2D eigenvalue weighted by molar-refractivity contribution is 5.92. The van der Waals surface area contributed by atoms with Crippen molar-refractivity contribution < 1.29 is 23.6 Å². The predicted octanol–water partition coefficient (Wildman–Crippen LogP) is 2.54. The summed E-state index contributed by atoms with van der Waals surface area (Å²) in [6.07, 6.45) is 2.39. The lowest BCUT2D eigenvalue weighted by Crippen LogP contribution is -2.30. The van der Waals surface area contributed by atoms with Crippen molar-refractivity contribution in [2.24, 2.45) is 0 Å². The van der Waals surface area contributed by atoms with Gasteiger partial charge in [0.25, 0.3) is 0 Å². The highest BCUT2D eigenvalue weighted by atomic mass is 16.6. The number of aromatic nitrogens is 2. The van der Waals surface area contributed by atoms with E-state index in [0.29, 0.717) is 11.5 Å². The first kappa shape index (κ1) is 17.7. The molecule has 1 aromatic carbocycles. The van der Waals surface area contributed by atoms with E-state index in [9.17, 15) is 14.9 Å². The number of carbonyl (C=O) groups excluding carboxylic acids is 1. The molecule has 0 bridgehead atoms. The Morgan fingerprint density at radius 3 is 2.56 bits per heavy atom. The summed E-state index contributed by atoms with van der Waals surface area (Å²) in [5.41, 5.74) is 4.08. The fourth-order valence-electron chi connectivity index (χ4n) is 2.03. The van der Waals surface area contributed by atoms with Crippen LogP contribution < -0.4 is 20.3 Å². The van der Waals surface area contributed by atoms with Crippen molar-refractivity contribution in [3.63, 3.8) is 0 Å². The molecule has 11 nitrogen and oxygen atoms in total. The van der Waals surface area contributed by atoms with E-state index in [1.54, 1.807) is 24.3 Å². The number of nitrogens with zero attached hydrogens (tertiary/aromatic N) is 3. The summed E-state index contributed by atoms with van der Waals surface area (Å²) in [6.45, 7) is 0. The van der Waals surface area contributed by atoms with Gasteiger partial charge >= 0.3 is 17.5 Å². The van der Waals surface area contributed by atoms with Gasteiger partial charge in [0.15, 0.2) is 5.76 Å². The Labute approximate surface area is 152 Å². The van der Waals surface area contributed by atoms with Gasteiger partial charge in [0.2, 0.25) is 5.82 Å². The molecule has 138 valence electrons. The van der Waals surface area contributed by atoms with E-state index in [2.05, 4.69) is 20.8 Å². The van der Waals surface area contributed by atoms with Crippen molar-refractivity contribution in [3.8, 4) is 17.4 Å². The number of rotatable bonds is 7. The predicted molar refractivity (Wildman–Crippen MR) is 91.6 cm³/mol. The number of ether oxygens (including phenoxy) is 2. The third-order valence-electron chi connectivity index (χ3n) is 3.28. The molecule has 0 saturated heterocycles. The second-order valence-corrected chi connectivity index (χ2v) is 4.97. The number of nitro groups is 1. The van der Waals surface area contributed by atoms with Gasteiger partial charge in [-0.05, 0) is 36.4 Å². The Morgan fingerprint density at radius 1 is 1.19 bits per heavy atom. The SMILES string of the molecule is COc1ccc(Oc2ncnc(NNC(=O)c3ccco3)c2[N+](=O)[O-])cc1. The number of hydrazine groups is 1. The van der Waals surface area contributed by atoms with E-state index in [4.69, 9.17) is 13.9 Å². The second kappa shape index (κ2) is 7.82. The smallest absolute Gasteiger partial charge is 0.374 e. The van der Waals surface area contributed by atoms with Crippen molar-refractivity contribution in [1.29, 1.82) is 0 Å². The van der Waals surface area contributed by atoms with Crippen LogP contribution in [0.4, 0.5) is 11.5 Å². The lowest BCUT2D eigenvalue weighted by atomic mass is 10.3. The van der Waals surface area contributed by atoms with Gasteiger partial charge in [-0.3, -0.25) is 25.8 Å². The molecule has 1 amide bonds. The van der Waals surface area contributed by atoms with Gasteiger partial charge in [0.1, 0.15) is 17.8 Å². The average Bonchev–Trinajstić information content (AvgIpc) is 3.21. The molecule has 3 aromatic rings. The minimum atomic E-state index is -0.722. The van der Waals surface area contributed by atoms with Crippen molar-refractivity contribution in [3.05, 3.63) is 64.9 Å². The molecule has 0 aliphatic heterocycles. The van der Waals surface area contributed by atoms with Gasteiger partial charge in [0.05, 0.1) is 18.3 Å². The average molecular weight is 371 g/mol. The highest BCUT2D eigenvalue weighted by Gasteiger charge is 2.25. The standard InChI is InChI=1S/C16H13N5O6/c1-25-10-4-6-11(7-5-10)27-16-13(21(23)24)14(17-9-18-16)19-20-15(22)12-3-2-8-26-12/h2-9H,1H3,(H,20,22)(H,17,18,19). The molecule has 2 N–H and O–H groups in total. The Morgan fingerprint density at radius 2 is 1.93 bits per heavy atom. The van der Waals surface area contributed by atoms with E-state index >= 15 is 0 Å². The normalized spacial score (nSPS) is 10.1. The summed E-state index contributed by atoms with van der Waals surface area (Å²) in [5, 5.41) is 11.5. The summed E-state index contributed by atoms with van der Waals surface area (Å²) in [7, 11) is 1.51.